The molecule has 1 rings (SSSR count). The minimum Gasteiger partial charge on any atom is -0.542 e. The monoisotopic (exact) mass is 237 g/mol. The number of rotatable bonds is 1. The molecule has 0 heterocycles. The third-order valence-electron chi connectivity index (χ3n) is 1.42. The highest BCUT2D eigenvalue weighted by molar-refractivity contribution is 5.70. The maximum atomic E-state index is 10.5. The van der Waals surface area contributed by atoms with Gasteiger partial charge in [0, 0.05) is 6.07 Å². The van der Waals surface area contributed by atoms with Gasteiger partial charge in [-0.1, -0.05) is 12.1 Å². The highest BCUT2D eigenvalue weighted by Gasteiger charge is 2.28. The molecule has 0 amide bonds. The van der Waals surface area contributed by atoms with Gasteiger partial charge in [-0.15, -0.1) is 0 Å². The molecule has 16 heavy (non-hydrogen) atoms. The number of ether oxygens (including phenoxy) is 1. The van der Waals surface area contributed by atoms with Crippen LogP contribution in [0.4, 0.5) is 18.9 Å². The third-order valence-corrected chi connectivity index (χ3v) is 1.42. The second-order valence-electron chi connectivity index (χ2n) is 2.60. The number of carbonyl (C=O) groups excluding carboxylic acids is 1. The Balaban J connectivity index is 0.000000293. The van der Waals surface area contributed by atoms with Crippen LogP contribution in [0.2, 0.25) is 0 Å². The number of para-hydroxylation sites is 1. The fourth-order valence-electron chi connectivity index (χ4n) is 0.703. The van der Waals surface area contributed by atoms with Crippen molar-refractivity contribution >= 4 is 11.7 Å². The first-order valence-corrected chi connectivity index (χ1v) is 4.02. The van der Waals surface area contributed by atoms with Crippen LogP contribution in [0.5, 0.6) is 5.75 Å². The van der Waals surface area contributed by atoms with Gasteiger partial charge in [-0.05, 0) is 6.07 Å². The number of hydrogen-bond acceptors (Lipinski definition) is 3. The fraction of sp³-hybridized carbons (Fsp3) is 0.222. The topological polar surface area (TPSA) is 77.0 Å². The van der Waals surface area contributed by atoms with Crippen LogP contribution in [0.15, 0.2) is 24.3 Å². The number of methoxy groups -OCH3 is 1. The molecule has 0 unspecified atom stereocenters. The number of carboxylic acid groups (broad SMARTS) is 1. The van der Waals surface area contributed by atoms with Crippen molar-refractivity contribution in [3.05, 3.63) is 24.3 Å². The summed E-state index contributed by atoms with van der Waals surface area (Å²) in [6.45, 7) is 0. The highest BCUT2D eigenvalue weighted by Crippen LogP contribution is 2.16. The number of alkyl halides is 3. The van der Waals surface area contributed by atoms with Crippen LogP contribution in [0.3, 0.4) is 0 Å². The van der Waals surface area contributed by atoms with Crippen LogP contribution in [-0.2, 0) is 4.79 Å². The predicted molar refractivity (Wildman–Crippen MR) is 46.6 cm³/mol. The number of carbonyl (C=O) groups is 1. The zero-order valence-electron chi connectivity index (χ0n) is 8.38. The molecule has 0 atom stereocenters. The smallest absolute Gasteiger partial charge is 0.430 e. The molecule has 0 aliphatic heterocycles. The van der Waals surface area contributed by atoms with Gasteiger partial charge in [-0.25, -0.2) is 0 Å². The van der Waals surface area contributed by atoms with Crippen molar-refractivity contribution in [3.63, 3.8) is 0 Å². The molecule has 3 N–H and O–H groups in total. The largest absolute Gasteiger partial charge is 0.542 e. The molecular formula is C9H10F3NO3. The second kappa shape index (κ2) is 5.96. The Hall–Kier alpha value is -1.76. The van der Waals surface area contributed by atoms with Crippen LogP contribution >= 0.6 is 0 Å². The van der Waals surface area contributed by atoms with E-state index in [0.717, 1.165) is 11.4 Å². The van der Waals surface area contributed by atoms with E-state index in [1.807, 2.05) is 24.3 Å². The summed E-state index contributed by atoms with van der Waals surface area (Å²) in [5.41, 5.74) is 4.70. The maximum Gasteiger partial charge on any atom is 0.430 e. The molecule has 0 saturated carbocycles. The average molecular weight is 237 g/mol. The molecule has 0 bridgehead atoms. The summed E-state index contributed by atoms with van der Waals surface area (Å²) in [5.74, 6) is -2.16. The van der Waals surface area contributed by atoms with Crippen LogP contribution in [0.1, 0.15) is 0 Å². The van der Waals surface area contributed by atoms with E-state index in [1.165, 1.54) is 0 Å². The van der Waals surface area contributed by atoms with Gasteiger partial charge in [-0.2, -0.15) is 13.2 Å². The van der Waals surface area contributed by atoms with Crippen molar-refractivity contribution in [1.82, 2.24) is 0 Å². The summed E-state index contributed by atoms with van der Waals surface area (Å²) in [4.78, 5) is 8.78. The van der Waals surface area contributed by atoms with E-state index >= 15 is 0 Å². The van der Waals surface area contributed by atoms with Gasteiger partial charge in [0.2, 0.25) is 0 Å². The molecule has 0 radical (unpaired) electrons. The molecule has 0 aliphatic rings. The zero-order chi connectivity index (χ0) is 12.8. The fourth-order valence-corrected chi connectivity index (χ4v) is 0.703. The van der Waals surface area contributed by atoms with E-state index in [1.54, 1.807) is 7.11 Å². The van der Waals surface area contributed by atoms with Gasteiger partial charge < -0.3 is 20.4 Å². The summed E-state index contributed by atoms with van der Waals surface area (Å²) in [6, 6.07) is 7.67. The first kappa shape index (κ1) is 14.2. The molecule has 7 heteroatoms. The standard InChI is InChI=1S/C7H9NO.C2HF3O2/c1-9-7-5-3-2-4-6(7)8;3-2(4,5)1(6)7/h2-5H,8H2,1H3;(H,6,7). The Labute approximate surface area is 89.4 Å². The lowest BCUT2D eigenvalue weighted by atomic mass is 10.3. The normalized spacial score (nSPS) is 10.1. The molecule has 0 saturated heterocycles. The summed E-state index contributed by atoms with van der Waals surface area (Å²) in [7, 11) is 1.64. The Morgan fingerprint density at radius 3 is 2.06 bits per heavy atom. The minimum atomic E-state index is -5.19. The Kier molecular flexibility index (Phi) is 5.31. The lowest BCUT2D eigenvalue weighted by Crippen LogP contribution is -2.40. The van der Waals surface area contributed by atoms with Gasteiger partial charge in [0.1, 0.15) is 5.97 Å². The first-order chi connectivity index (χ1) is 7.29. The molecule has 0 fully saturated rings. The van der Waals surface area contributed by atoms with E-state index in [0.29, 0.717) is 0 Å². The lowest BCUT2D eigenvalue weighted by molar-refractivity contribution is -0.344. The molecule has 90 valence electrons. The van der Waals surface area contributed by atoms with Gasteiger partial charge in [0.25, 0.3) is 0 Å². The molecular weight excluding hydrogens is 227 g/mol. The Bertz CT molecular complexity index is 352. The van der Waals surface area contributed by atoms with Crippen molar-refractivity contribution in [1.29, 1.82) is 0 Å². The minimum absolute atomic E-state index is 0.845. The summed E-state index contributed by atoms with van der Waals surface area (Å²) in [5, 5.41) is 8.78. The van der Waals surface area contributed by atoms with Crippen molar-refractivity contribution in [3.8, 4) is 5.75 Å². The van der Waals surface area contributed by atoms with E-state index in [9.17, 15) is 13.2 Å². The van der Waals surface area contributed by atoms with E-state index in [-0.39, 0.29) is 0 Å². The maximum absolute atomic E-state index is 10.5. The van der Waals surface area contributed by atoms with Crippen LogP contribution in [0, 0.1) is 0 Å². The van der Waals surface area contributed by atoms with Crippen molar-refractivity contribution in [2.24, 2.45) is 0 Å². The quantitative estimate of drug-likeness (QED) is 0.738. The zero-order valence-corrected chi connectivity index (χ0v) is 8.38. The summed E-state index contributed by atoms with van der Waals surface area (Å²) in [6.07, 6.45) is -5.19. The Morgan fingerprint density at radius 1 is 1.38 bits per heavy atom. The SMILES string of the molecule is COc1ccccc1[NH3+].O=C([O-])C(F)(F)F. The number of hydrogen-bond donors (Lipinski definition) is 1. The molecule has 0 spiro atoms. The molecule has 0 aliphatic carbocycles. The van der Waals surface area contributed by atoms with Gasteiger partial charge in [0.15, 0.2) is 11.4 Å². The number of aliphatic carboxylic acids is 1. The first-order valence-electron chi connectivity index (χ1n) is 4.02. The number of carboxylic acids is 1. The van der Waals surface area contributed by atoms with Crippen LogP contribution in [0.25, 0.3) is 0 Å². The van der Waals surface area contributed by atoms with E-state index in [2.05, 4.69) is 5.73 Å². The van der Waals surface area contributed by atoms with Crippen LogP contribution in [-0.4, -0.2) is 19.3 Å². The van der Waals surface area contributed by atoms with Crippen LogP contribution < -0.4 is 15.6 Å². The molecule has 4 nitrogen and oxygen atoms in total. The van der Waals surface area contributed by atoms with Gasteiger partial charge in [-0.3, -0.25) is 0 Å². The average Bonchev–Trinajstić information content (AvgIpc) is 2.18. The number of quaternary nitrogens is 1. The number of benzene rings is 1. The summed E-state index contributed by atoms with van der Waals surface area (Å²) >= 11 is 0. The molecule has 1 aromatic rings. The third kappa shape index (κ3) is 5.20. The van der Waals surface area contributed by atoms with Gasteiger partial charge in [0.05, 0.1) is 7.11 Å². The second-order valence-corrected chi connectivity index (χ2v) is 2.60. The number of halogens is 3. The summed E-state index contributed by atoms with van der Waals surface area (Å²) < 4.78 is 36.5. The van der Waals surface area contributed by atoms with Gasteiger partial charge >= 0.3 is 6.18 Å². The van der Waals surface area contributed by atoms with Crippen molar-refractivity contribution in [2.45, 2.75) is 6.18 Å². The molecule has 1 aromatic carbocycles. The Morgan fingerprint density at radius 2 is 1.81 bits per heavy atom. The highest BCUT2D eigenvalue weighted by atomic mass is 19.4. The van der Waals surface area contributed by atoms with Crippen molar-refractivity contribution < 1.29 is 33.5 Å². The lowest BCUT2D eigenvalue weighted by Gasteiger charge is -2.03. The van der Waals surface area contributed by atoms with E-state index < -0.39 is 12.1 Å². The van der Waals surface area contributed by atoms with Crippen molar-refractivity contribution in [2.75, 3.05) is 7.11 Å². The van der Waals surface area contributed by atoms with E-state index in [4.69, 9.17) is 14.6 Å². The molecule has 0 aromatic heterocycles. The predicted octanol–water partition coefficient (Wildman–Crippen LogP) is -0.133.